The molecule has 4 N–H and O–H groups in total. The van der Waals surface area contributed by atoms with Gasteiger partial charge in [0.05, 0.1) is 12.1 Å². The van der Waals surface area contributed by atoms with Crippen LogP contribution in [0.5, 0.6) is 0 Å². The van der Waals surface area contributed by atoms with E-state index in [0.717, 1.165) is 10.9 Å². The van der Waals surface area contributed by atoms with Crippen molar-refractivity contribution in [1.82, 2.24) is 9.97 Å². The second-order valence-corrected chi connectivity index (χ2v) is 3.74. The van der Waals surface area contributed by atoms with Gasteiger partial charge in [-0.15, -0.1) is 0 Å². The Morgan fingerprint density at radius 3 is 2.76 bits per heavy atom. The molecule has 6 nitrogen and oxygen atoms in total. The highest BCUT2D eigenvalue weighted by atomic mass is 16.1. The topological polar surface area (TPSA) is 98.1 Å². The number of rotatable bonds is 3. The highest BCUT2D eigenvalue weighted by Gasteiger charge is 2.11. The van der Waals surface area contributed by atoms with E-state index in [4.69, 9.17) is 11.5 Å². The maximum Gasteiger partial charge on any atom is 0.236 e. The summed E-state index contributed by atoms with van der Waals surface area (Å²) in [6, 6.07) is 7.46. The standard InChI is InChI=1S/C11H13N5O/c1-16(6-9(12)17)10-7-4-2-3-5-8(7)14-11(13)15-10/h2-5H,6H2,1H3,(H2,12,17)(H2,13,14,15). The zero-order valence-corrected chi connectivity index (χ0v) is 9.42. The lowest BCUT2D eigenvalue weighted by Gasteiger charge is -2.18. The molecule has 0 spiro atoms. The zero-order chi connectivity index (χ0) is 12.4. The number of likely N-dealkylation sites (N-methyl/N-ethyl adjacent to an activating group) is 1. The summed E-state index contributed by atoms with van der Waals surface area (Å²) in [5.41, 5.74) is 11.5. The average Bonchev–Trinajstić information content (AvgIpc) is 2.26. The first kappa shape index (κ1) is 11.1. The average molecular weight is 231 g/mol. The van der Waals surface area contributed by atoms with Gasteiger partial charge in [-0.05, 0) is 12.1 Å². The van der Waals surface area contributed by atoms with E-state index in [1.54, 1.807) is 11.9 Å². The fraction of sp³-hybridized carbons (Fsp3) is 0.182. The van der Waals surface area contributed by atoms with Crippen molar-refractivity contribution in [2.75, 3.05) is 24.2 Å². The summed E-state index contributed by atoms with van der Waals surface area (Å²) in [5.74, 6) is 0.357. The first-order chi connectivity index (χ1) is 8.08. The van der Waals surface area contributed by atoms with Crippen LogP contribution in [0.25, 0.3) is 10.9 Å². The van der Waals surface area contributed by atoms with E-state index in [1.165, 1.54) is 0 Å². The molecule has 0 saturated carbocycles. The predicted octanol–water partition coefficient (Wildman–Crippen LogP) is 0.134. The number of nitrogen functional groups attached to an aromatic ring is 1. The fourth-order valence-corrected chi connectivity index (χ4v) is 1.68. The van der Waals surface area contributed by atoms with Crippen LogP contribution in [0.15, 0.2) is 24.3 Å². The van der Waals surface area contributed by atoms with Crippen molar-refractivity contribution in [2.45, 2.75) is 0 Å². The Morgan fingerprint density at radius 2 is 2.06 bits per heavy atom. The van der Waals surface area contributed by atoms with Crippen LogP contribution in [0.2, 0.25) is 0 Å². The molecule has 1 aromatic heterocycles. The number of fused-ring (bicyclic) bond motifs is 1. The van der Waals surface area contributed by atoms with Crippen molar-refractivity contribution in [2.24, 2.45) is 5.73 Å². The summed E-state index contributed by atoms with van der Waals surface area (Å²) >= 11 is 0. The summed E-state index contributed by atoms with van der Waals surface area (Å²) in [7, 11) is 1.74. The highest BCUT2D eigenvalue weighted by Crippen LogP contribution is 2.23. The quantitative estimate of drug-likeness (QED) is 0.782. The number of carbonyl (C=O) groups is 1. The minimum atomic E-state index is -0.422. The van der Waals surface area contributed by atoms with Crippen molar-refractivity contribution in [1.29, 1.82) is 0 Å². The van der Waals surface area contributed by atoms with E-state index in [-0.39, 0.29) is 12.5 Å². The zero-order valence-electron chi connectivity index (χ0n) is 9.42. The molecular formula is C11H13N5O. The molecular weight excluding hydrogens is 218 g/mol. The van der Waals surface area contributed by atoms with Crippen molar-refractivity contribution >= 4 is 28.6 Å². The minimum absolute atomic E-state index is 0.0838. The van der Waals surface area contributed by atoms with Gasteiger partial charge < -0.3 is 16.4 Å². The molecule has 0 atom stereocenters. The van der Waals surface area contributed by atoms with E-state index in [9.17, 15) is 4.79 Å². The molecule has 0 aliphatic heterocycles. The van der Waals surface area contributed by atoms with Crippen LogP contribution < -0.4 is 16.4 Å². The summed E-state index contributed by atoms with van der Waals surface area (Å²) in [6.07, 6.45) is 0. The SMILES string of the molecule is CN(CC(N)=O)c1nc(N)nc2ccccc12. The molecule has 0 radical (unpaired) electrons. The van der Waals surface area contributed by atoms with Crippen molar-refractivity contribution in [3.8, 4) is 0 Å². The van der Waals surface area contributed by atoms with Crippen LogP contribution in [-0.4, -0.2) is 29.5 Å². The molecule has 1 heterocycles. The van der Waals surface area contributed by atoms with Gasteiger partial charge in [-0.1, -0.05) is 12.1 Å². The molecule has 0 aliphatic rings. The number of carbonyl (C=O) groups excluding carboxylic acids is 1. The third-order valence-corrected chi connectivity index (χ3v) is 2.35. The first-order valence-electron chi connectivity index (χ1n) is 5.09. The van der Waals surface area contributed by atoms with E-state index in [0.29, 0.717) is 5.82 Å². The fourth-order valence-electron chi connectivity index (χ4n) is 1.68. The van der Waals surface area contributed by atoms with Gasteiger partial charge >= 0.3 is 0 Å². The smallest absolute Gasteiger partial charge is 0.236 e. The van der Waals surface area contributed by atoms with Gasteiger partial charge in [0.2, 0.25) is 11.9 Å². The van der Waals surface area contributed by atoms with Crippen molar-refractivity contribution in [3.63, 3.8) is 0 Å². The summed E-state index contributed by atoms with van der Waals surface area (Å²) < 4.78 is 0. The number of aromatic nitrogens is 2. The maximum atomic E-state index is 10.9. The number of hydrogen-bond acceptors (Lipinski definition) is 5. The molecule has 17 heavy (non-hydrogen) atoms. The van der Waals surface area contributed by atoms with Crippen LogP contribution in [0.4, 0.5) is 11.8 Å². The number of primary amides is 1. The van der Waals surface area contributed by atoms with Gasteiger partial charge in [-0.2, -0.15) is 4.98 Å². The molecule has 2 rings (SSSR count). The van der Waals surface area contributed by atoms with Crippen molar-refractivity contribution in [3.05, 3.63) is 24.3 Å². The molecule has 0 fully saturated rings. The molecule has 0 saturated heterocycles. The number of nitrogens with zero attached hydrogens (tertiary/aromatic N) is 3. The number of nitrogens with two attached hydrogens (primary N) is 2. The van der Waals surface area contributed by atoms with Crippen molar-refractivity contribution < 1.29 is 4.79 Å². The molecule has 0 aliphatic carbocycles. The van der Waals surface area contributed by atoms with Gasteiger partial charge in [-0.25, -0.2) is 4.98 Å². The largest absolute Gasteiger partial charge is 0.368 e. The van der Waals surface area contributed by atoms with E-state index in [1.807, 2.05) is 24.3 Å². The molecule has 0 bridgehead atoms. The summed E-state index contributed by atoms with van der Waals surface area (Å²) in [6.45, 7) is 0.0838. The number of amides is 1. The Bertz CT molecular complexity index is 569. The first-order valence-corrected chi connectivity index (χ1v) is 5.09. The Morgan fingerprint density at radius 1 is 1.35 bits per heavy atom. The van der Waals surface area contributed by atoms with Crippen LogP contribution in [0.1, 0.15) is 0 Å². The second kappa shape index (κ2) is 4.25. The van der Waals surface area contributed by atoms with Crippen LogP contribution in [0.3, 0.4) is 0 Å². The number of benzene rings is 1. The Kier molecular flexibility index (Phi) is 2.78. The Hall–Kier alpha value is -2.37. The van der Waals surface area contributed by atoms with E-state index < -0.39 is 5.91 Å². The molecule has 88 valence electrons. The minimum Gasteiger partial charge on any atom is -0.368 e. The molecule has 1 amide bonds. The van der Waals surface area contributed by atoms with E-state index in [2.05, 4.69) is 9.97 Å². The highest BCUT2D eigenvalue weighted by molar-refractivity contribution is 5.92. The van der Waals surface area contributed by atoms with E-state index >= 15 is 0 Å². The monoisotopic (exact) mass is 231 g/mol. The second-order valence-electron chi connectivity index (χ2n) is 3.74. The normalized spacial score (nSPS) is 10.4. The van der Waals surface area contributed by atoms with Gasteiger partial charge in [0.25, 0.3) is 0 Å². The Labute approximate surface area is 98.2 Å². The lowest BCUT2D eigenvalue weighted by molar-refractivity contribution is -0.116. The maximum absolute atomic E-state index is 10.9. The lowest BCUT2D eigenvalue weighted by Crippen LogP contribution is -2.31. The van der Waals surface area contributed by atoms with Crippen LogP contribution in [0, 0.1) is 0 Å². The predicted molar refractivity (Wildman–Crippen MR) is 66.4 cm³/mol. The third kappa shape index (κ3) is 2.25. The molecule has 2 aromatic rings. The van der Waals surface area contributed by atoms with Gasteiger partial charge in [0, 0.05) is 12.4 Å². The lowest BCUT2D eigenvalue weighted by atomic mass is 10.2. The van der Waals surface area contributed by atoms with Gasteiger partial charge in [-0.3, -0.25) is 4.79 Å². The number of para-hydroxylation sites is 1. The Balaban J connectivity index is 2.55. The number of hydrogen-bond donors (Lipinski definition) is 2. The summed E-state index contributed by atoms with van der Waals surface area (Å²) in [5, 5.41) is 0.838. The van der Waals surface area contributed by atoms with Crippen LogP contribution in [-0.2, 0) is 4.79 Å². The molecule has 0 unspecified atom stereocenters. The van der Waals surface area contributed by atoms with Gasteiger partial charge in [0.1, 0.15) is 5.82 Å². The molecule has 6 heteroatoms. The number of anilines is 2. The van der Waals surface area contributed by atoms with Crippen LogP contribution >= 0.6 is 0 Å². The third-order valence-electron chi connectivity index (χ3n) is 2.35. The van der Waals surface area contributed by atoms with Gasteiger partial charge in [0.15, 0.2) is 0 Å². The summed E-state index contributed by atoms with van der Waals surface area (Å²) in [4.78, 5) is 20.8. The molecule has 1 aromatic carbocycles.